The van der Waals surface area contributed by atoms with Crippen LogP contribution in [0.5, 0.6) is 5.75 Å². The Hall–Kier alpha value is -2.90. The van der Waals surface area contributed by atoms with Gasteiger partial charge in [0.15, 0.2) is 6.54 Å². The molecule has 0 radical (unpaired) electrons. The number of para-hydroxylation sites is 1. The topological polar surface area (TPSA) is 70.7 Å². The smallest absolute Gasteiger partial charge is 0.279 e. The van der Waals surface area contributed by atoms with Crippen LogP contribution in [0.3, 0.4) is 0 Å². The van der Waals surface area contributed by atoms with E-state index in [0.717, 1.165) is 115 Å². The molecule has 2 aromatic carbocycles. The maximum atomic E-state index is 13.2. The molecular formula is C36H57N4O3+. The number of aryl methyl sites for hydroxylation is 4. The summed E-state index contributed by atoms with van der Waals surface area (Å²) in [5, 5.41) is 6.40. The molecule has 0 bridgehead atoms. The van der Waals surface area contributed by atoms with Gasteiger partial charge < -0.3 is 19.9 Å². The molecule has 238 valence electrons. The van der Waals surface area contributed by atoms with Gasteiger partial charge in [0.1, 0.15) is 5.75 Å². The van der Waals surface area contributed by atoms with Gasteiger partial charge in [-0.3, -0.25) is 14.5 Å². The van der Waals surface area contributed by atoms with Gasteiger partial charge in [-0.25, -0.2) is 0 Å². The van der Waals surface area contributed by atoms with Crippen molar-refractivity contribution < 1.29 is 18.8 Å². The number of likely N-dealkylation sites (N-methyl/N-ethyl adjacent to an activating group) is 1. The second kappa shape index (κ2) is 16.8. The Labute approximate surface area is 261 Å². The number of ether oxygens (including phenoxy) is 1. The van der Waals surface area contributed by atoms with Crippen LogP contribution in [0.2, 0.25) is 0 Å². The highest BCUT2D eigenvalue weighted by molar-refractivity contribution is 5.96. The monoisotopic (exact) mass is 593 g/mol. The first-order valence-corrected chi connectivity index (χ1v) is 16.6. The fraction of sp³-hybridized carbons (Fsp3) is 0.611. The number of hydrogen-bond acceptors (Lipinski definition) is 4. The van der Waals surface area contributed by atoms with E-state index in [-0.39, 0.29) is 17.9 Å². The van der Waals surface area contributed by atoms with Crippen molar-refractivity contribution in [1.29, 1.82) is 0 Å². The Morgan fingerprint density at radius 2 is 1.44 bits per heavy atom. The van der Waals surface area contributed by atoms with Crippen molar-refractivity contribution in [2.75, 3.05) is 56.5 Å². The summed E-state index contributed by atoms with van der Waals surface area (Å²) < 4.78 is 6.90. The number of carbonyl (C=O) groups is 2. The SMILES string of the molecule is CC[N+](CC)(CC)CC(=O)Nc1c(C)cc(OCCCCCCN2CCCCC2C(=O)Nc2c(C)cccc2C)cc1C. The Morgan fingerprint density at radius 3 is 2.07 bits per heavy atom. The molecule has 0 spiro atoms. The van der Waals surface area contributed by atoms with Gasteiger partial charge in [0.2, 0.25) is 5.91 Å². The molecule has 7 nitrogen and oxygen atoms in total. The van der Waals surface area contributed by atoms with Gasteiger partial charge in [-0.2, -0.15) is 0 Å². The van der Waals surface area contributed by atoms with Crippen molar-refractivity contribution in [2.24, 2.45) is 0 Å². The van der Waals surface area contributed by atoms with Crippen LogP contribution in [0.1, 0.15) is 88.0 Å². The number of carbonyl (C=O) groups excluding carboxylic acids is 2. The molecule has 0 saturated carbocycles. The Kier molecular flexibility index (Phi) is 13.5. The lowest BCUT2D eigenvalue weighted by molar-refractivity contribution is -0.915. The number of benzene rings is 2. The molecule has 0 aromatic heterocycles. The minimum Gasteiger partial charge on any atom is -0.494 e. The molecule has 3 rings (SSSR count). The first-order valence-electron chi connectivity index (χ1n) is 16.6. The third-order valence-electron chi connectivity index (χ3n) is 9.52. The molecule has 2 amide bonds. The summed E-state index contributed by atoms with van der Waals surface area (Å²) >= 11 is 0. The molecule has 1 unspecified atom stereocenters. The molecular weight excluding hydrogens is 536 g/mol. The number of nitrogens with zero attached hydrogens (tertiary/aromatic N) is 2. The van der Waals surface area contributed by atoms with Crippen molar-refractivity contribution in [3.63, 3.8) is 0 Å². The van der Waals surface area contributed by atoms with Crippen LogP contribution < -0.4 is 15.4 Å². The van der Waals surface area contributed by atoms with Crippen molar-refractivity contribution in [1.82, 2.24) is 4.90 Å². The number of piperidine rings is 1. The van der Waals surface area contributed by atoms with Gasteiger partial charge in [-0.05, 0) is 122 Å². The molecule has 1 saturated heterocycles. The predicted molar refractivity (Wildman–Crippen MR) is 179 cm³/mol. The van der Waals surface area contributed by atoms with E-state index in [1.807, 2.05) is 32.0 Å². The molecule has 43 heavy (non-hydrogen) atoms. The second-order valence-corrected chi connectivity index (χ2v) is 12.5. The zero-order valence-electron chi connectivity index (χ0n) is 28.0. The average molecular weight is 594 g/mol. The number of unbranched alkanes of at least 4 members (excludes halogenated alkanes) is 3. The summed E-state index contributed by atoms with van der Waals surface area (Å²) in [4.78, 5) is 28.5. The molecule has 1 aliphatic heterocycles. The summed E-state index contributed by atoms with van der Waals surface area (Å²) in [6.07, 6.45) is 7.53. The fourth-order valence-electron chi connectivity index (χ4n) is 6.43. The van der Waals surface area contributed by atoms with E-state index in [1.165, 1.54) is 6.42 Å². The van der Waals surface area contributed by atoms with Crippen LogP contribution in [0.4, 0.5) is 11.4 Å². The summed E-state index contributed by atoms with van der Waals surface area (Å²) in [7, 11) is 0. The molecule has 7 heteroatoms. The highest BCUT2D eigenvalue weighted by atomic mass is 16.5. The molecule has 1 fully saturated rings. The second-order valence-electron chi connectivity index (χ2n) is 12.5. The standard InChI is InChI=1S/C36H56N4O3/c1-8-40(9-2,10-3)26-33(41)37-35-29(6)24-31(25-30(35)7)43-23-16-12-11-14-21-39-22-15-13-20-32(39)36(42)38-34-27(4)18-17-19-28(34)5/h17-19,24-25,32H,8-16,20-23,26H2,1-7H3,(H-,37,38,41,42)/p+1. The summed E-state index contributed by atoms with van der Waals surface area (Å²) in [5.41, 5.74) is 6.15. The maximum Gasteiger partial charge on any atom is 0.279 e. The van der Waals surface area contributed by atoms with Gasteiger partial charge in [0.05, 0.1) is 32.3 Å². The highest BCUT2D eigenvalue weighted by Gasteiger charge is 2.29. The molecule has 2 aromatic rings. The number of amides is 2. The van der Waals surface area contributed by atoms with Crippen LogP contribution in [0, 0.1) is 27.7 Å². The van der Waals surface area contributed by atoms with Crippen molar-refractivity contribution in [3.8, 4) is 5.75 Å². The molecule has 1 aliphatic rings. The lowest BCUT2D eigenvalue weighted by atomic mass is 10.00. The van der Waals surface area contributed by atoms with E-state index in [4.69, 9.17) is 4.74 Å². The van der Waals surface area contributed by atoms with Crippen molar-refractivity contribution >= 4 is 23.2 Å². The summed E-state index contributed by atoms with van der Waals surface area (Å²) in [6.45, 7) is 20.6. The largest absolute Gasteiger partial charge is 0.494 e. The number of quaternary nitrogens is 1. The first-order chi connectivity index (χ1) is 20.6. The number of hydrogen-bond donors (Lipinski definition) is 2. The quantitative estimate of drug-likeness (QED) is 0.160. The predicted octanol–water partition coefficient (Wildman–Crippen LogP) is 7.17. The normalized spacial score (nSPS) is 15.7. The Balaban J connectivity index is 1.40. The third-order valence-corrected chi connectivity index (χ3v) is 9.52. The average Bonchev–Trinajstić information content (AvgIpc) is 2.99. The first kappa shape index (κ1) is 34.6. The minimum atomic E-state index is -0.0399. The van der Waals surface area contributed by atoms with E-state index >= 15 is 0 Å². The Bertz CT molecular complexity index is 1160. The van der Waals surface area contributed by atoms with E-state index in [0.29, 0.717) is 13.2 Å². The lowest BCUT2D eigenvalue weighted by Crippen LogP contribution is -2.52. The van der Waals surface area contributed by atoms with Crippen LogP contribution in [0.25, 0.3) is 0 Å². The van der Waals surface area contributed by atoms with Gasteiger partial charge in [-0.15, -0.1) is 0 Å². The van der Waals surface area contributed by atoms with Crippen molar-refractivity contribution in [3.05, 3.63) is 52.6 Å². The molecule has 2 N–H and O–H groups in total. The van der Waals surface area contributed by atoms with E-state index in [1.54, 1.807) is 0 Å². The maximum absolute atomic E-state index is 13.2. The summed E-state index contributed by atoms with van der Waals surface area (Å²) in [5.74, 6) is 1.07. The highest BCUT2D eigenvalue weighted by Crippen LogP contribution is 2.27. The number of rotatable bonds is 16. The Morgan fingerprint density at radius 1 is 0.837 bits per heavy atom. The summed E-state index contributed by atoms with van der Waals surface area (Å²) in [6, 6.07) is 10.2. The van der Waals surface area contributed by atoms with Gasteiger partial charge in [0, 0.05) is 11.4 Å². The fourth-order valence-corrected chi connectivity index (χ4v) is 6.43. The van der Waals surface area contributed by atoms with E-state index in [9.17, 15) is 9.59 Å². The molecule has 1 heterocycles. The van der Waals surface area contributed by atoms with Gasteiger partial charge in [-0.1, -0.05) is 37.5 Å². The zero-order chi connectivity index (χ0) is 31.4. The zero-order valence-corrected chi connectivity index (χ0v) is 28.0. The van der Waals surface area contributed by atoms with Gasteiger partial charge >= 0.3 is 0 Å². The lowest BCUT2D eigenvalue weighted by Gasteiger charge is -2.35. The van der Waals surface area contributed by atoms with Crippen LogP contribution in [-0.4, -0.2) is 73.1 Å². The van der Waals surface area contributed by atoms with Crippen LogP contribution in [0.15, 0.2) is 30.3 Å². The van der Waals surface area contributed by atoms with Crippen LogP contribution >= 0.6 is 0 Å². The number of likely N-dealkylation sites (tertiary alicyclic amines) is 1. The number of anilines is 2. The molecule has 0 aliphatic carbocycles. The third kappa shape index (κ3) is 9.80. The minimum absolute atomic E-state index is 0.0399. The van der Waals surface area contributed by atoms with E-state index < -0.39 is 0 Å². The van der Waals surface area contributed by atoms with Gasteiger partial charge in [0.25, 0.3) is 5.91 Å². The van der Waals surface area contributed by atoms with Crippen LogP contribution in [-0.2, 0) is 9.59 Å². The number of nitrogens with one attached hydrogen (secondary N) is 2. The van der Waals surface area contributed by atoms with Crippen molar-refractivity contribution in [2.45, 2.75) is 99.5 Å². The van der Waals surface area contributed by atoms with E-state index in [2.05, 4.69) is 62.3 Å². The molecule has 1 atom stereocenters.